The Hall–Kier alpha value is -2.87. The van der Waals surface area contributed by atoms with Crippen LogP contribution in [0.4, 0.5) is 10.3 Å². The summed E-state index contributed by atoms with van der Waals surface area (Å²) in [5, 5.41) is 15.3. The van der Waals surface area contributed by atoms with Crippen molar-refractivity contribution in [1.29, 1.82) is 0 Å². The van der Waals surface area contributed by atoms with Crippen LogP contribution in [0.1, 0.15) is 37.8 Å². The van der Waals surface area contributed by atoms with Crippen molar-refractivity contribution in [2.75, 3.05) is 11.9 Å². The highest BCUT2D eigenvalue weighted by Gasteiger charge is 2.12. The van der Waals surface area contributed by atoms with Gasteiger partial charge in [-0.25, -0.2) is 9.07 Å². The molecule has 0 saturated carbocycles. The van der Waals surface area contributed by atoms with Gasteiger partial charge in [-0.05, 0) is 53.6 Å². The molecule has 30 heavy (non-hydrogen) atoms. The Kier molecular flexibility index (Phi) is 7.84. The van der Waals surface area contributed by atoms with Gasteiger partial charge in [0.1, 0.15) is 12.4 Å². The molecule has 0 aliphatic heterocycles. The van der Waals surface area contributed by atoms with Crippen molar-refractivity contribution in [2.45, 2.75) is 46.4 Å². The highest BCUT2D eigenvalue weighted by Crippen LogP contribution is 2.30. The van der Waals surface area contributed by atoms with E-state index >= 15 is 0 Å². The fourth-order valence-corrected chi connectivity index (χ4v) is 3.06. The number of hydrogen-bond acceptors (Lipinski definition) is 6. The SMILES string of the molecule is CCCCn1nnnc1NCc1ccc(OCc2c(F)cccc2Cl)c(OCC)c1. The van der Waals surface area contributed by atoms with Crippen molar-refractivity contribution in [3.8, 4) is 11.5 Å². The van der Waals surface area contributed by atoms with Gasteiger partial charge in [0.05, 0.1) is 11.6 Å². The molecule has 0 fully saturated rings. The van der Waals surface area contributed by atoms with Gasteiger partial charge < -0.3 is 14.8 Å². The molecule has 0 amide bonds. The first-order valence-electron chi connectivity index (χ1n) is 9.93. The smallest absolute Gasteiger partial charge is 0.243 e. The molecule has 9 heteroatoms. The maximum Gasteiger partial charge on any atom is 0.243 e. The average molecular weight is 434 g/mol. The number of nitrogens with zero attached hydrogens (tertiary/aromatic N) is 4. The van der Waals surface area contributed by atoms with Crippen LogP contribution in [0.3, 0.4) is 0 Å². The Balaban J connectivity index is 1.68. The van der Waals surface area contributed by atoms with E-state index in [-0.39, 0.29) is 6.61 Å². The van der Waals surface area contributed by atoms with Gasteiger partial charge in [-0.3, -0.25) is 0 Å². The maximum absolute atomic E-state index is 14.0. The molecule has 0 saturated heterocycles. The van der Waals surface area contributed by atoms with Gasteiger partial charge in [0.15, 0.2) is 11.5 Å². The second-order valence-corrected chi connectivity index (χ2v) is 7.04. The quantitative estimate of drug-likeness (QED) is 0.465. The highest BCUT2D eigenvalue weighted by atomic mass is 35.5. The Bertz CT molecular complexity index is 946. The molecule has 1 heterocycles. The zero-order valence-corrected chi connectivity index (χ0v) is 17.8. The summed E-state index contributed by atoms with van der Waals surface area (Å²) in [7, 11) is 0. The molecule has 1 aromatic heterocycles. The standard InChI is InChI=1S/C21H25ClFN5O2/c1-3-5-11-28-21(25-26-27-28)24-13-15-9-10-19(20(12-15)29-4-2)30-14-16-17(22)7-6-8-18(16)23/h6-10,12H,3-5,11,13-14H2,1-2H3,(H,24,25,27). The minimum atomic E-state index is -0.401. The molecule has 0 radical (unpaired) electrons. The average Bonchev–Trinajstić information content (AvgIpc) is 3.19. The normalized spacial score (nSPS) is 10.8. The second kappa shape index (κ2) is 10.8. The highest BCUT2D eigenvalue weighted by molar-refractivity contribution is 6.31. The number of ether oxygens (including phenoxy) is 2. The van der Waals surface area contributed by atoms with E-state index in [0.29, 0.717) is 41.2 Å². The van der Waals surface area contributed by atoms with Gasteiger partial charge in [0, 0.05) is 18.7 Å². The van der Waals surface area contributed by atoms with Gasteiger partial charge in [-0.2, -0.15) is 0 Å². The zero-order chi connectivity index (χ0) is 21.3. The van der Waals surface area contributed by atoms with Crippen LogP contribution < -0.4 is 14.8 Å². The third-order valence-corrected chi connectivity index (χ3v) is 4.80. The fraction of sp³-hybridized carbons (Fsp3) is 0.381. The molecule has 0 aliphatic carbocycles. The summed E-state index contributed by atoms with van der Waals surface area (Å²) in [4.78, 5) is 0. The first-order chi connectivity index (χ1) is 14.6. The third-order valence-electron chi connectivity index (χ3n) is 4.45. The monoisotopic (exact) mass is 433 g/mol. The lowest BCUT2D eigenvalue weighted by molar-refractivity contribution is 0.265. The van der Waals surface area contributed by atoms with Gasteiger partial charge in [0.2, 0.25) is 5.95 Å². The van der Waals surface area contributed by atoms with Crippen LogP contribution in [-0.4, -0.2) is 26.8 Å². The van der Waals surface area contributed by atoms with Crippen LogP contribution in [0.5, 0.6) is 11.5 Å². The van der Waals surface area contributed by atoms with Crippen molar-refractivity contribution in [1.82, 2.24) is 20.2 Å². The van der Waals surface area contributed by atoms with Crippen LogP contribution in [0.25, 0.3) is 0 Å². The molecule has 0 bridgehead atoms. The van der Waals surface area contributed by atoms with E-state index in [9.17, 15) is 4.39 Å². The summed E-state index contributed by atoms with van der Waals surface area (Å²) in [6, 6.07) is 10.2. The lowest BCUT2D eigenvalue weighted by Crippen LogP contribution is -2.09. The molecule has 160 valence electrons. The number of hydrogen-bond donors (Lipinski definition) is 1. The van der Waals surface area contributed by atoms with Crippen molar-refractivity contribution in [3.05, 3.63) is 58.4 Å². The minimum absolute atomic E-state index is 0.00931. The molecule has 0 aliphatic rings. The summed E-state index contributed by atoms with van der Waals surface area (Å²) in [6.07, 6.45) is 2.07. The van der Waals surface area contributed by atoms with Crippen molar-refractivity contribution in [3.63, 3.8) is 0 Å². The Morgan fingerprint density at radius 1 is 1.13 bits per heavy atom. The van der Waals surface area contributed by atoms with E-state index in [2.05, 4.69) is 27.8 Å². The van der Waals surface area contributed by atoms with E-state index in [0.717, 1.165) is 24.9 Å². The Labute approximate surface area is 180 Å². The Morgan fingerprint density at radius 3 is 2.77 bits per heavy atom. The number of nitrogens with one attached hydrogen (secondary N) is 1. The van der Waals surface area contributed by atoms with E-state index in [1.54, 1.807) is 22.9 Å². The molecule has 7 nitrogen and oxygen atoms in total. The van der Waals surface area contributed by atoms with Gasteiger partial charge in [-0.1, -0.05) is 42.2 Å². The summed E-state index contributed by atoms with van der Waals surface area (Å²) in [5.74, 6) is 1.32. The van der Waals surface area contributed by atoms with Crippen LogP contribution >= 0.6 is 11.6 Å². The lowest BCUT2D eigenvalue weighted by Gasteiger charge is -2.15. The first-order valence-corrected chi connectivity index (χ1v) is 10.3. The first kappa shape index (κ1) is 21.8. The van der Waals surface area contributed by atoms with Crippen LogP contribution in [0.15, 0.2) is 36.4 Å². The third kappa shape index (κ3) is 5.60. The van der Waals surface area contributed by atoms with E-state index < -0.39 is 5.82 Å². The van der Waals surface area contributed by atoms with E-state index in [1.807, 2.05) is 19.1 Å². The van der Waals surface area contributed by atoms with Crippen LogP contribution in [0, 0.1) is 5.82 Å². The van der Waals surface area contributed by atoms with Gasteiger partial charge in [0.25, 0.3) is 0 Å². The van der Waals surface area contributed by atoms with E-state index in [1.165, 1.54) is 6.07 Å². The summed E-state index contributed by atoms with van der Waals surface area (Å²) in [5.41, 5.74) is 1.28. The van der Waals surface area contributed by atoms with Crippen molar-refractivity contribution in [2.24, 2.45) is 0 Å². The molecule has 0 spiro atoms. The number of aryl methyl sites for hydroxylation is 1. The number of anilines is 1. The molecule has 2 aromatic carbocycles. The fourth-order valence-electron chi connectivity index (χ4n) is 2.84. The Morgan fingerprint density at radius 2 is 2.00 bits per heavy atom. The molecule has 0 atom stereocenters. The predicted molar refractivity (Wildman–Crippen MR) is 113 cm³/mol. The number of tetrazole rings is 1. The number of rotatable bonds is 11. The van der Waals surface area contributed by atoms with Crippen LogP contribution in [0.2, 0.25) is 5.02 Å². The second-order valence-electron chi connectivity index (χ2n) is 6.64. The van der Waals surface area contributed by atoms with Gasteiger partial charge in [-0.15, -0.1) is 0 Å². The summed E-state index contributed by atoms with van der Waals surface area (Å²) < 4.78 is 27.3. The number of aromatic nitrogens is 4. The summed E-state index contributed by atoms with van der Waals surface area (Å²) >= 11 is 6.08. The zero-order valence-electron chi connectivity index (χ0n) is 17.1. The van der Waals surface area contributed by atoms with Crippen molar-refractivity contribution < 1.29 is 13.9 Å². The molecule has 3 rings (SSSR count). The topological polar surface area (TPSA) is 74.1 Å². The molecule has 0 unspecified atom stereocenters. The van der Waals surface area contributed by atoms with Gasteiger partial charge >= 0.3 is 0 Å². The number of unbranched alkanes of at least 4 members (excludes halogenated alkanes) is 1. The maximum atomic E-state index is 14.0. The largest absolute Gasteiger partial charge is 0.490 e. The summed E-state index contributed by atoms with van der Waals surface area (Å²) in [6.45, 7) is 5.78. The number of halogens is 2. The number of benzene rings is 2. The predicted octanol–water partition coefficient (Wildman–Crippen LogP) is 4.86. The molecular formula is C21H25ClFN5O2. The molecular weight excluding hydrogens is 409 g/mol. The molecule has 3 aromatic rings. The van der Waals surface area contributed by atoms with Crippen LogP contribution in [-0.2, 0) is 19.7 Å². The van der Waals surface area contributed by atoms with Crippen molar-refractivity contribution >= 4 is 17.5 Å². The van der Waals surface area contributed by atoms with E-state index in [4.69, 9.17) is 21.1 Å². The molecule has 1 N–H and O–H groups in total. The lowest BCUT2D eigenvalue weighted by atomic mass is 10.2. The minimum Gasteiger partial charge on any atom is -0.490 e.